The van der Waals surface area contributed by atoms with Gasteiger partial charge >= 0.3 is 12.1 Å². The average molecular weight is 307 g/mol. The van der Waals surface area contributed by atoms with Crippen LogP contribution in [0.4, 0.5) is 4.79 Å². The minimum Gasteiger partial charge on any atom is -0.493 e. The van der Waals surface area contributed by atoms with Gasteiger partial charge in [-0.2, -0.15) is 0 Å². The van der Waals surface area contributed by atoms with Gasteiger partial charge in [0.1, 0.15) is 11.3 Å². The van der Waals surface area contributed by atoms with E-state index in [1.54, 1.807) is 30.9 Å². The van der Waals surface area contributed by atoms with Crippen LogP contribution < -0.4 is 4.74 Å². The molecule has 22 heavy (non-hydrogen) atoms. The van der Waals surface area contributed by atoms with Crippen LogP contribution in [0.15, 0.2) is 12.1 Å². The molecule has 1 heterocycles. The van der Waals surface area contributed by atoms with E-state index in [4.69, 9.17) is 9.47 Å². The highest BCUT2D eigenvalue weighted by atomic mass is 16.6. The predicted molar refractivity (Wildman–Crippen MR) is 80.3 cm³/mol. The number of fused-ring (bicyclic) bond motifs is 1. The summed E-state index contributed by atoms with van der Waals surface area (Å²) in [7, 11) is 0. The number of amides is 1. The van der Waals surface area contributed by atoms with Crippen molar-refractivity contribution in [3.63, 3.8) is 0 Å². The fourth-order valence-electron chi connectivity index (χ4n) is 2.66. The van der Waals surface area contributed by atoms with E-state index in [0.717, 1.165) is 11.1 Å². The fraction of sp³-hybridized carbons (Fsp3) is 0.500. The Bertz CT molecular complexity index is 584. The van der Waals surface area contributed by atoms with Crippen LogP contribution in [0.5, 0.6) is 5.75 Å². The first-order valence-electron chi connectivity index (χ1n) is 7.43. The number of carboxylic acids is 1. The van der Waals surface area contributed by atoms with E-state index in [9.17, 15) is 14.7 Å². The van der Waals surface area contributed by atoms with Crippen molar-refractivity contribution in [1.29, 1.82) is 0 Å². The van der Waals surface area contributed by atoms with Crippen LogP contribution in [-0.2, 0) is 17.7 Å². The van der Waals surface area contributed by atoms with Gasteiger partial charge in [0, 0.05) is 12.6 Å². The topological polar surface area (TPSA) is 76.1 Å². The van der Waals surface area contributed by atoms with Gasteiger partial charge in [0.25, 0.3) is 0 Å². The number of rotatable bonds is 4. The first-order valence-corrected chi connectivity index (χ1v) is 7.43. The van der Waals surface area contributed by atoms with E-state index in [2.05, 4.69) is 0 Å². The van der Waals surface area contributed by atoms with Crippen LogP contribution in [0.3, 0.4) is 0 Å². The lowest BCUT2D eigenvalue weighted by molar-refractivity contribution is 0.0689. The molecule has 6 nitrogen and oxygen atoms in total. The van der Waals surface area contributed by atoms with Gasteiger partial charge in [-0.25, -0.2) is 9.59 Å². The molecule has 0 saturated carbocycles. The quantitative estimate of drug-likeness (QED) is 0.925. The number of carboxylic acid groups (broad SMARTS) is 1. The number of aromatic carboxylic acids is 1. The van der Waals surface area contributed by atoms with Crippen molar-refractivity contribution in [1.82, 2.24) is 4.90 Å². The summed E-state index contributed by atoms with van der Waals surface area (Å²) in [5.41, 5.74) is 2.01. The van der Waals surface area contributed by atoms with E-state index in [-0.39, 0.29) is 17.7 Å². The van der Waals surface area contributed by atoms with Crippen molar-refractivity contribution in [2.24, 2.45) is 0 Å². The van der Waals surface area contributed by atoms with Gasteiger partial charge in [0.05, 0.1) is 13.2 Å². The Morgan fingerprint density at radius 3 is 2.59 bits per heavy atom. The Morgan fingerprint density at radius 2 is 2.00 bits per heavy atom. The Hall–Kier alpha value is -2.24. The smallest absolute Gasteiger partial charge is 0.410 e. The summed E-state index contributed by atoms with van der Waals surface area (Å²) >= 11 is 0. The molecule has 1 aromatic carbocycles. The summed E-state index contributed by atoms with van der Waals surface area (Å²) in [5, 5.41) is 9.31. The molecule has 0 aromatic heterocycles. The van der Waals surface area contributed by atoms with E-state index >= 15 is 0 Å². The maximum absolute atomic E-state index is 12.0. The molecule has 0 bridgehead atoms. The Labute approximate surface area is 129 Å². The molecule has 0 radical (unpaired) electrons. The highest BCUT2D eigenvalue weighted by Gasteiger charge is 2.29. The van der Waals surface area contributed by atoms with Gasteiger partial charge in [0.15, 0.2) is 0 Å². The molecule has 2 rings (SSSR count). The van der Waals surface area contributed by atoms with Crippen molar-refractivity contribution in [3.05, 3.63) is 28.8 Å². The molecule has 0 saturated heterocycles. The highest BCUT2D eigenvalue weighted by molar-refractivity contribution is 5.91. The molecule has 0 spiro atoms. The number of benzene rings is 1. The first-order chi connectivity index (χ1) is 10.5. The number of carbonyl (C=O) groups is 2. The van der Waals surface area contributed by atoms with Gasteiger partial charge in [0.2, 0.25) is 0 Å². The third kappa shape index (κ3) is 3.16. The lowest BCUT2D eigenvalue weighted by Gasteiger charge is -2.34. The van der Waals surface area contributed by atoms with Crippen molar-refractivity contribution < 1.29 is 24.2 Å². The number of ether oxygens (including phenoxy) is 2. The molecule has 1 unspecified atom stereocenters. The minimum absolute atomic E-state index is 0.0360. The molecule has 0 aliphatic carbocycles. The summed E-state index contributed by atoms with van der Waals surface area (Å²) < 4.78 is 10.5. The predicted octanol–water partition coefficient (Wildman–Crippen LogP) is 2.69. The van der Waals surface area contributed by atoms with E-state index in [1.165, 1.54) is 0 Å². The first kappa shape index (κ1) is 16.1. The second-order valence-electron chi connectivity index (χ2n) is 5.24. The highest BCUT2D eigenvalue weighted by Crippen LogP contribution is 2.30. The molecule has 6 heteroatoms. The zero-order valence-electron chi connectivity index (χ0n) is 13.1. The lowest BCUT2D eigenvalue weighted by atomic mass is 9.92. The fourth-order valence-corrected chi connectivity index (χ4v) is 2.66. The number of hydrogen-bond donors (Lipinski definition) is 1. The minimum atomic E-state index is -1.01. The molecular formula is C16H21NO5. The summed E-state index contributed by atoms with van der Waals surface area (Å²) in [5.74, 6) is -0.668. The zero-order valence-corrected chi connectivity index (χ0v) is 13.1. The van der Waals surface area contributed by atoms with Crippen LogP contribution in [0.25, 0.3) is 0 Å². The van der Waals surface area contributed by atoms with Crippen LogP contribution in [0.1, 0.15) is 42.3 Å². The van der Waals surface area contributed by atoms with Crippen molar-refractivity contribution in [2.75, 3.05) is 13.2 Å². The second kappa shape index (κ2) is 6.68. The number of nitrogens with zero attached hydrogens (tertiary/aromatic N) is 1. The lowest BCUT2D eigenvalue weighted by Crippen LogP contribution is -2.43. The maximum Gasteiger partial charge on any atom is 0.410 e. The van der Waals surface area contributed by atoms with Gasteiger partial charge in [-0.1, -0.05) is 0 Å². The zero-order chi connectivity index (χ0) is 16.3. The van der Waals surface area contributed by atoms with Crippen molar-refractivity contribution in [2.45, 2.75) is 39.8 Å². The van der Waals surface area contributed by atoms with Crippen LogP contribution in [0, 0.1) is 0 Å². The summed E-state index contributed by atoms with van der Waals surface area (Å²) in [6.45, 7) is 6.62. The standard InChI is InChI=1S/C16H21NO5/c1-4-21-14-8-12-9-17(16(20)22-5-2)10(3)6-11(12)7-13(14)15(18)19/h7-8,10H,4-6,9H2,1-3H3,(H,18,19). The van der Waals surface area contributed by atoms with Crippen LogP contribution >= 0.6 is 0 Å². The van der Waals surface area contributed by atoms with Gasteiger partial charge in [-0.05, 0) is 50.5 Å². The molecule has 1 N–H and O–H groups in total. The molecule has 1 aliphatic heterocycles. The summed E-state index contributed by atoms with van der Waals surface area (Å²) in [4.78, 5) is 25.0. The van der Waals surface area contributed by atoms with E-state index in [0.29, 0.717) is 31.9 Å². The van der Waals surface area contributed by atoms with Crippen LogP contribution in [0.2, 0.25) is 0 Å². The number of carbonyl (C=O) groups excluding carboxylic acids is 1. The maximum atomic E-state index is 12.0. The van der Waals surface area contributed by atoms with Crippen molar-refractivity contribution in [3.8, 4) is 5.75 Å². The van der Waals surface area contributed by atoms with Gasteiger partial charge in [-0.15, -0.1) is 0 Å². The Kier molecular flexibility index (Phi) is 4.90. The molecule has 1 aromatic rings. The van der Waals surface area contributed by atoms with Crippen LogP contribution in [-0.4, -0.2) is 41.3 Å². The SMILES string of the molecule is CCOC(=O)N1Cc2cc(OCC)c(C(=O)O)cc2CC1C. The molecular weight excluding hydrogens is 286 g/mol. The normalized spacial score (nSPS) is 16.9. The Balaban J connectivity index is 2.36. The third-order valence-corrected chi connectivity index (χ3v) is 3.72. The molecule has 0 fully saturated rings. The van der Waals surface area contributed by atoms with E-state index < -0.39 is 5.97 Å². The molecule has 120 valence electrons. The third-order valence-electron chi connectivity index (χ3n) is 3.72. The summed E-state index contributed by atoms with van der Waals surface area (Å²) in [6, 6.07) is 3.34. The molecule has 1 amide bonds. The monoisotopic (exact) mass is 307 g/mol. The Morgan fingerprint density at radius 1 is 1.27 bits per heavy atom. The average Bonchev–Trinajstić information content (AvgIpc) is 2.46. The van der Waals surface area contributed by atoms with Gasteiger partial charge < -0.3 is 19.5 Å². The van der Waals surface area contributed by atoms with E-state index in [1.807, 2.05) is 6.92 Å². The number of hydrogen-bond acceptors (Lipinski definition) is 4. The second-order valence-corrected chi connectivity index (χ2v) is 5.24. The molecule has 1 aliphatic rings. The summed E-state index contributed by atoms with van der Waals surface area (Å²) in [6.07, 6.45) is 0.252. The van der Waals surface area contributed by atoms with Crippen molar-refractivity contribution >= 4 is 12.1 Å². The largest absolute Gasteiger partial charge is 0.493 e. The molecule has 1 atom stereocenters. The van der Waals surface area contributed by atoms with Gasteiger partial charge in [-0.3, -0.25) is 0 Å².